The number of hydrogen-bond acceptors (Lipinski definition) is 3. The summed E-state index contributed by atoms with van der Waals surface area (Å²) in [6, 6.07) is 14.2. The Bertz CT molecular complexity index is 700. The van der Waals surface area contributed by atoms with Crippen molar-refractivity contribution in [2.24, 2.45) is 0 Å². The highest BCUT2D eigenvalue weighted by Crippen LogP contribution is 2.25. The van der Waals surface area contributed by atoms with Gasteiger partial charge in [0.2, 0.25) is 0 Å². The first kappa shape index (κ1) is 16.9. The van der Waals surface area contributed by atoms with Crippen molar-refractivity contribution in [2.75, 3.05) is 18.5 Å². The quantitative estimate of drug-likeness (QED) is 0.769. The number of rotatable bonds is 7. The van der Waals surface area contributed by atoms with Gasteiger partial charge >= 0.3 is 0 Å². The molecule has 2 aromatic carbocycles. The third kappa shape index (κ3) is 5.34. The normalized spacial score (nSPS) is 10.0. The lowest BCUT2D eigenvalue weighted by Crippen LogP contribution is -2.20. The molecule has 0 aliphatic carbocycles. The predicted molar refractivity (Wildman–Crippen MR) is 92.3 cm³/mol. The molecule has 0 atom stereocenters. The second-order valence-corrected chi connectivity index (χ2v) is 5.42. The van der Waals surface area contributed by atoms with Crippen molar-refractivity contribution in [3.63, 3.8) is 0 Å². The van der Waals surface area contributed by atoms with Gasteiger partial charge in [0, 0.05) is 0 Å². The summed E-state index contributed by atoms with van der Waals surface area (Å²) in [4.78, 5) is 12.0. The van der Waals surface area contributed by atoms with Crippen LogP contribution in [0.15, 0.2) is 60.7 Å². The summed E-state index contributed by atoms with van der Waals surface area (Å²) in [5.74, 6) is 0.758. The average molecular weight is 332 g/mol. The molecule has 0 aromatic heterocycles. The van der Waals surface area contributed by atoms with Crippen molar-refractivity contribution in [3.05, 3.63) is 65.7 Å². The van der Waals surface area contributed by atoms with Crippen molar-refractivity contribution < 1.29 is 14.3 Å². The second kappa shape index (κ2) is 8.25. The highest BCUT2D eigenvalue weighted by Gasteiger charge is 2.09. The van der Waals surface area contributed by atoms with E-state index in [1.54, 1.807) is 36.4 Å². The molecule has 0 fully saturated rings. The van der Waals surface area contributed by atoms with Crippen molar-refractivity contribution in [1.82, 2.24) is 0 Å². The van der Waals surface area contributed by atoms with E-state index in [0.717, 1.165) is 5.57 Å². The van der Waals surface area contributed by atoms with Crippen molar-refractivity contribution in [1.29, 1.82) is 0 Å². The van der Waals surface area contributed by atoms with Crippen LogP contribution in [0.5, 0.6) is 11.5 Å². The number of para-hydroxylation sites is 3. The third-order valence-corrected chi connectivity index (χ3v) is 3.14. The van der Waals surface area contributed by atoms with Gasteiger partial charge in [-0.15, -0.1) is 0 Å². The molecule has 2 aromatic rings. The molecule has 120 valence electrons. The maximum absolute atomic E-state index is 12.0. The first-order valence-corrected chi connectivity index (χ1v) is 7.47. The van der Waals surface area contributed by atoms with Gasteiger partial charge in [-0.3, -0.25) is 4.79 Å². The first-order chi connectivity index (χ1) is 11.1. The maximum atomic E-state index is 12.0. The molecule has 4 nitrogen and oxygen atoms in total. The molecule has 0 aliphatic heterocycles. The molecule has 0 radical (unpaired) electrons. The number of nitrogens with one attached hydrogen (secondary N) is 1. The molecule has 2 rings (SSSR count). The van der Waals surface area contributed by atoms with Crippen LogP contribution in [0.4, 0.5) is 5.69 Å². The first-order valence-electron chi connectivity index (χ1n) is 7.09. The predicted octanol–water partition coefficient (Wildman–Crippen LogP) is 4.31. The minimum absolute atomic E-state index is 0.140. The zero-order valence-electron chi connectivity index (χ0n) is 12.8. The Morgan fingerprint density at radius 3 is 2.35 bits per heavy atom. The molecule has 0 saturated heterocycles. The van der Waals surface area contributed by atoms with Crippen molar-refractivity contribution in [3.8, 4) is 11.5 Å². The molecule has 0 unspecified atom stereocenters. The van der Waals surface area contributed by atoms with Gasteiger partial charge in [0.05, 0.1) is 10.7 Å². The van der Waals surface area contributed by atoms with Crippen LogP contribution in [0, 0.1) is 0 Å². The number of carbonyl (C=O) groups excluding carboxylic acids is 1. The average Bonchev–Trinajstić information content (AvgIpc) is 2.53. The molecule has 1 N–H and O–H groups in total. The lowest BCUT2D eigenvalue weighted by atomic mass is 10.3. The van der Waals surface area contributed by atoms with Gasteiger partial charge in [0.25, 0.3) is 5.91 Å². The highest BCUT2D eigenvalue weighted by atomic mass is 35.5. The molecule has 23 heavy (non-hydrogen) atoms. The van der Waals surface area contributed by atoms with Crippen molar-refractivity contribution in [2.45, 2.75) is 6.92 Å². The number of anilines is 1. The summed E-state index contributed by atoms with van der Waals surface area (Å²) in [7, 11) is 0. The second-order valence-electron chi connectivity index (χ2n) is 5.01. The summed E-state index contributed by atoms with van der Waals surface area (Å²) in [6.45, 7) is 5.91. The SMILES string of the molecule is C=C(C)COc1ccccc1NC(=O)COc1ccccc1Cl. The monoisotopic (exact) mass is 331 g/mol. The topological polar surface area (TPSA) is 47.6 Å². The van der Waals surface area contributed by atoms with Gasteiger partial charge in [-0.25, -0.2) is 0 Å². The summed E-state index contributed by atoms with van der Waals surface area (Å²) in [5, 5.41) is 3.23. The Morgan fingerprint density at radius 1 is 1.04 bits per heavy atom. The molecule has 0 spiro atoms. The van der Waals surface area contributed by atoms with Crippen LogP contribution < -0.4 is 14.8 Å². The van der Waals surface area contributed by atoms with Crippen LogP contribution in [-0.2, 0) is 4.79 Å². The zero-order valence-corrected chi connectivity index (χ0v) is 13.6. The number of ether oxygens (including phenoxy) is 2. The van der Waals surface area contributed by atoms with E-state index in [0.29, 0.717) is 28.8 Å². The zero-order chi connectivity index (χ0) is 16.7. The Balaban J connectivity index is 1.95. The highest BCUT2D eigenvalue weighted by molar-refractivity contribution is 6.32. The molecular weight excluding hydrogens is 314 g/mol. The number of carbonyl (C=O) groups is 1. The fraction of sp³-hybridized carbons (Fsp3) is 0.167. The Hall–Kier alpha value is -2.46. The van der Waals surface area contributed by atoms with E-state index < -0.39 is 0 Å². The Kier molecular flexibility index (Phi) is 6.06. The van der Waals surface area contributed by atoms with Gasteiger partial charge < -0.3 is 14.8 Å². The largest absolute Gasteiger partial charge is 0.487 e. The van der Waals surface area contributed by atoms with E-state index in [4.69, 9.17) is 21.1 Å². The van der Waals surface area contributed by atoms with E-state index in [1.165, 1.54) is 0 Å². The smallest absolute Gasteiger partial charge is 0.262 e. The lowest BCUT2D eigenvalue weighted by Gasteiger charge is -2.13. The van der Waals surface area contributed by atoms with Crippen LogP contribution in [0.1, 0.15) is 6.92 Å². The van der Waals surface area contributed by atoms with Gasteiger partial charge in [0.1, 0.15) is 18.1 Å². The summed E-state index contributed by atoms with van der Waals surface area (Å²) in [5.41, 5.74) is 1.48. The molecule has 0 aliphatic rings. The third-order valence-electron chi connectivity index (χ3n) is 2.83. The van der Waals surface area contributed by atoms with Crippen molar-refractivity contribution >= 4 is 23.2 Å². The van der Waals surface area contributed by atoms with E-state index in [1.807, 2.05) is 19.1 Å². The minimum Gasteiger partial charge on any atom is -0.487 e. The van der Waals surface area contributed by atoms with E-state index in [-0.39, 0.29) is 12.5 Å². The molecule has 0 heterocycles. The van der Waals surface area contributed by atoms with E-state index in [9.17, 15) is 4.79 Å². The van der Waals surface area contributed by atoms with Crippen LogP contribution in [0.25, 0.3) is 0 Å². The maximum Gasteiger partial charge on any atom is 0.262 e. The molecular formula is C18H18ClNO3. The number of benzene rings is 2. The fourth-order valence-electron chi connectivity index (χ4n) is 1.79. The number of hydrogen-bond donors (Lipinski definition) is 1. The number of halogens is 1. The molecule has 0 bridgehead atoms. The molecule has 5 heteroatoms. The van der Waals surface area contributed by atoms with Gasteiger partial charge in [-0.2, -0.15) is 0 Å². The van der Waals surface area contributed by atoms with Gasteiger partial charge in [-0.05, 0) is 36.8 Å². The van der Waals surface area contributed by atoms with E-state index >= 15 is 0 Å². The van der Waals surface area contributed by atoms with Gasteiger partial charge in [0.15, 0.2) is 6.61 Å². The van der Waals surface area contributed by atoms with Crippen LogP contribution in [0.3, 0.4) is 0 Å². The lowest BCUT2D eigenvalue weighted by molar-refractivity contribution is -0.118. The van der Waals surface area contributed by atoms with Gasteiger partial charge in [-0.1, -0.05) is 42.4 Å². The van der Waals surface area contributed by atoms with Crippen LogP contribution >= 0.6 is 11.6 Å². The molecule has 1 amide bonds. The molecule has 0 saturated carbocycles. The van der Waals surface area contributed by atoms with Crippen LogP contribution in [0.2, 0.25) is 5.02 Å². The Labute approximate surface area is 140 Å². The Morgan fingerprint density at radius 2 is 1.65 bits per heavy atom. The standard InChI is InChI=1S/C18H18ClNO3/c1-13(2)11-22-17-10-6-4-8-15(17)20-18(21)12-23-16-9-5-3-7-14(16)19/h3-10H,1,11-12H2,2H3,(H,20,21). The van der Waals surface area contributed by atoms with Crippen LogP contribution in [-0.4, -0.2) is 19.1 Å². The minimum atomic E-state index is -0.295. The number of amides is 1. The fourth-order valence-corrected chi connectivity index (χ4v) is 1.98. The van der Waals surface area contributed by atoms with E-state index in [2.05, 4.69) is 11.9 Å². The summed E-state index contributed by atoms with van der Waals surface area (Å²) >= 11 is 5.98. The summed E-state index contributed by atoms with van der Waals surface area (Å²) < 4.78 is 11.0. The summed E-state index contributed by atoms with van der Waals surface area (Å²) in [6.07, 6.45) is 0.